The molecule has 4 nitrogen and oxygen atoms in total. The molecule has 1 heterocycles. The van der Waals surface area contributed by atoms with E-state index in [1.807, 2.05) is 11.8 Å². The number of thioether (sulfide) groups is 1. The van der Waals surface area contributed by atoms with E-state index in [0.717, 1.165) is 24.0 Å². The Bertz CT molecular complexity index is 528. The summed E-state index contributed by atoms with van der Waals surface area (Å²) in [6, 6.07) is 3.51. The average Bonchev–Trinajstić information content (AvgIpc) is 2.83. The second-order valence-corrected chi connectivity index (χ2v) is 7.18. The van der Waals surface area contributed by atoms with Crippen LogP contribution in [0, 0.1) is 11.7 Å². The number of nitrogens with one attached hydrogen (secondary N) is 1. The van der Waals surface area contributed by atoms with Crippen LogP contribution in [0.1, 0.15) is 6.42 Å². The Hall–Kier alpha value is -0.790. The summed E-state index contributed by atoms with van der Waals surface area (Å²) in [5.74, 6) is 1.69. The Morgan fingerprint density at radius 1 is 1.50 bits per heavy atom. The first-order chi connectivity index (χ1) is 8.49. The van der Waals surface area contributed by atoms with Crippen molar-refractivity contribution in [2.75, 3.05) is 23.8 Å². The van der Waals surface area contributed by atoms with E-state index in [9.17, 15) is 12.8 Å². The van der Waals surface area contributed by atoms with Crippen LogP contribution in [0.5, 0.6) is 0 Å². The number of benzene rings is 1. The van der Waals surface area contributed by atoms with Crippen molar-refractivity contribution in [3.05, 3.63) is 24.0 Å². The molecule has 18 heavy (non-hydrogen) atoms. The van der Waals surface area contributed by atoms with Crippen LogP contribution in [0.25, 0.3) is 0 Å². The second kappa shape index (κ2) is 5.46. The first kappa shape index (κ1) is 13.6. The molecule has 0 aliphatic carbocycles. The van der Waals surface area contributed by atoms with E-state index in [2.05, 4.69) is 4.72 Å². The smallest absolute Gasteiger partial charge is 0.240 e. The van der Waals surface area contributed by atoms with Gasteiger partial charge in [0, 0.05) is 6.54 Å². The summed E-state index contributed by atoms with van der Waals surface area (Å²) in [5.41, 5.74) is 5.26. The molecule has 1 unspecified atom stereocenters. The van der Waals surface area contributed by atoms with E-state index in [1.165, 1.54) is 12.1 Å². The fraction of sp³-hybridized carbons (Fsp3) is 0.455. The number of rotatable bonds is 4. The second-order valence-electron chi connectivity index (χ2n) is 4.26. The molecule has 0 saturated carbocycles. The molecule has 1 atom stereocenters. The Balaban J connectivity index is 2.07. The molecular formula is C11H15FN2O2S2. The summed E-state index contributed by atoms with van der Waals surface area (Å²) in [7, 11) is -3.64. The van der Waals surface area contributed by atoms with Gasteiger partial charge >= 0.3 is 0 Å². The van der Waals surface area contributed by atoms with Crippen LogP contribution in [0.15, 0.2) is 23.1 Å². The number of sulfonamides is 1. The van der Waals surface area contributed by atoms with Crippen LogP contribution in [0.2, 0.25) is 0 Å². The molecule has 7 heteroatoms. The molecule has 1 aromatic carbocycles. The zero-order valence-electron chi connectivity index (χ0n) is 9.73. The normalized spacial score (nSPS) is 20.2. The minimum absolute atomic E-state index is 0.0545. The Morgan fingerprint density at radius 2 is 2.28 bits per heavy atom. The van der Waals surface area contributed by atoms with Gasteiger partial charge < -0.3 is 5.73 Å². The highest BCUT2D eigenvalue weighted by molar-refractivity contribution is 7.99. The molecule has 1 saturated heterocycles. The van der Waals surface area contributed by atoms with Crippen LogP contribution < -0.4 is 10.5 Å². The minimum atomic E-state index is -3.64. The van der Waals surface area contributed by atoms with Gasteiger partial charge in [-0.25, -0.2) is 17.5 Å². The summed E-state index contributed by atoms with van der Waals surface area (Å²) in [5, 5.41) is 0. The van der Waals surface area contributed by atoms with Crippen molar-refractivity contribution in [1.29, 1.82) is 0 Å². The molecule has 2 rings (SSSR count). The molecule has 3 N–H and O–H groups in total. The van der Waals surface area contributed by atoms with Crippen molar-refractivity contribution in [3.63, 3.8) is 0 Å². The van der Waals surface area contributed by atoms with E-state index in [4.69, 9.17) is 5.73 Å². The van der Waals surface area contributed by atoms with Crippen molar-refractivity contribution in [2.45, 2.75) is 11.3 Å². The predicted molar refractivity (Wildman–Crippen MR) is 71.4 cm³/mol. The summed E-state index contributed by atoms with van der Waals surface area (Å²) in [6.45, 7) is 0.404. The molecule has 0 bridgehead atoms. The standard InChI is InChI=1S/C11H15FN2O2S2/c12-10-5-9(1-2-11(10)13)18(15,16)14-6-8-3-4-17-7-8/h1-2,5,8,14H,3-4,6-7,13H2. The minimum Gasteiger partial charge on any atom is -0.396 e. The monoisotopic (exact) mass is 290 g/mol. The maximum absolute atomic E-state index is 13.2. The van der Waals surface area contributed by atoms with E-state index in [0.29, 0.717) is 12.5 Å². The van der Waals surface area contributed by atoms with Gasteiger partial charge in [0.15, 0.2) is 0 Å². The number of anilines is 1. The van der Waals surface area contributed by atoms with Gasteiger partial charge in [0.25, 0.3) is 0 Å². The summed E-state index contributed by atoms with van der Waals surface area (Å²) in [4.78, 5) is -0.0835. The molecule has 1 aromatic rings. The zero-order valence-corrected chi connectivity index (χ0v) is 11.4. The number of nitrogens with two attached hydrogens (primary N) is 1. The molecule has 0 amide bonds. The van der Waals surface area contributed by atoms with Crippen molar-refractivity contribution in [2.24, 2.45) is 5.92 Å². The fourth-order valence-corrected chi connectivity index (χ4v) is 4.14. The van der Waals surface area contributed by atoms with Gasteiger partial charge in [-0.15, -0.1) is 0 Å². The molecule has 100 valence electrons. The zero-order chi connectivity index (χ0) is 13.2. The average molecular weight is 290 g/mol. The molecule has 1 aliphatic heterocycles. The highest BCUT2D eigenvalue weighted by atomic mass is 32.2. The van der Waals surface area contributed by atoms with Crippen LogP contribution in [0.4, 0.5) is 10.1 Å². The first-order valence-corrected chi connectivity index (χ1v) is 8.25. The van der Waals surface area contributed by atoms with Crippen LogP contribution >= 0.6 is 11.8 Å². The fourth-order valence-electron chi connectivity index (χ4n) is 1.73. The lowest BCUT2D eigenvalue weighted by Gasteiger charge is -2.11. The molecular weight excluding hydrogens is 275 g/mol. The summed E-state index contributed by atoms with van der Waals surface area (Å²) in [6.07, 6.45) is 1.02. The van der Waals surface area contributed by atoms with E-state index in [-0.39, 0.29) is 10.6 Å². The van der Waals surface area contributed by atoms with Gasteiger partial charge in [-0.3, -0.25) is 0 Å². The van der Waals surface area contributed by atoms with Gasteiger partial charge in [-0.2, -0.15) is 11.8 Å². The number of hydrogen-bond acceptors (Lipinski definition) is 4. The maximum Gasteiger partial charge on any atom is 0.240 e. The summed E-state index contributed by atoms with van der Waals surface area (Å²) >= 11 is 1.82. The quantitative estimate of drug-likeness (QED) is 0.823. The van der Waals surface area contributed by atoms with Crippen molar-refractivity contribution in [3.8, 4) is 0 Å². The molecule has 1 aliphatic rings. The van der Waals surface area contributed by atoms with Crippen molar-refractivity contribution >= 4 is 27.5 Å². The van der Waals surface area contributed by atoms with E-state index >= 15 is 0 Å². The van der Waals surface area contributed by atoms with Crippen molar-refractivity contribution < 1.29 is 12.8 Å². The molecule has 0 radical (unpaired) electrons. The van der Waals surface area contributed by atoms with Gasteiger partial charge in [0.05, 0.1) is 10.6 Å². The molecule has 0 spiro atoms. The summed E-state index contributed by atoms with van der Waals surface area (Å²) < 4.78 is 39.6. The molecule has 1 fully saturated rings. The first-order valence-electron chi connectivity index (χ1n) is 5.61. The highest BCUT2D eigenvalue weighted by Crippen LogP contribution is 2.23. The van der Waals surface area contributed by atoms with Gasteiger partial charge in [0.1, 0.15) is 5.82 Å². The third-order valence-corrected chi connectivity index (χ3v) is 5.52. The third-order valence-electron chi connectivity index (χ3n) is 2.87. The topological polar surface area (TPSA) is 72.2 Å². The predicted octanol–water partition coefficient (Wildman–Crippen LogP) is 1.44. The lowest BCUT2D eigenvalue weighted by atomic mass is 10.1. The number of halogens is 1. The maximum atomic E-state index is 13.2. The van der Waals surface area contributed by atoms with Gasteiger partial charge in [-0.1, -0.05) is 0 Å². The van der Waals surface area contributed by atoms with Crippen LogP contribution in [0.3, 0.4) is 0 Å². The van der Waals surface area contributed by atoms with E-state index in [1.54, 1.807) is 0 Å². The largest absolute Gasteiger partial charge is 0.396 e. The number of nitrogen functional groups attached to an aromatic ring is 1. The Morgan fingerprint density at radius 3 is 2.89 bits per heavy atom. The number of hydrogen-bond donors (Lipinski definition) is 2. The Kier molecular flexibility index (Phi) is 4.14. The highest BCUT2D eigenvalue weighted by Gasteiger charge is 2.20. The van der Waals surface area contributed by atoms with Crippen molar-refractivity contribution in [1.82, 2.24) is 4.72 Å². The lowest BCUT2D eigenvalue weighted by Crippen LogP contribution is -2.29. The van der Waals surface area contributed by atoms with E-state index < -0.39 is 15.8 Å². The molecule has 0 aromatic heterocycles. The van der Waals surface area contributed by atoms with Gasteiger partial charge in [0.2, 0.25) is 10.0 Å². The van der Waals surface area contributed by atoms with Crippen LogP contribution in [-0.4, -0.2) is 26.5 Å². The van der Waals surface area contributed by atoms with Gasteiger partial charge in [-0.05, 0) is 42.0 Å². The SMILES string of the molecule is Nc1ccc(S(=O)(=O)NCC2CCSC2)cc1F. The third kappa shape index (κ3) is 3.15. The van der Waals surface area contributed by atoms with Crippen LogP contribution in [-0.2, 0) is 10.0 Å². The Labute approximate surface area is 110 Å². The lowest BCUT2D eigenvalue weighted by molar-refractivity contribution is 0.544.